The normalized spacial score (nSPS) is 17.6. The standard InChI is InChI=1S/C10H22N2O3S/c1-5-8(3)12-10(13)9(4)16(14,15)6-7(2)11/h7-9H,5-6,11H2,1-4H3,(H,12,13). The Labute approximate surface area is 97.7 Å². The SMILES string of the molecule is CCC(C)NC(=O)C(C)S(=O)(=O)CC(C)N. The Kier molecular flexibility index (Phi) is 5.96. The fraction of sp³-hybridized carbons (Fsp3) is 0.900. The second kappa shape index (κ2) is 6.20. The quantitative estimate of drug-likeness (QED) is 0.697. The Morgan fingerprint density at radius 3 is 2.19 bits per heavy atom. The van der Waals surface area contributed by atoms with Crippen LogP contribution in [0.2, 0.25) is 0 Å². The number of rotatable bonds is 6. The minimum atomic E-state index is -3.45. The average molecular weight is 250 g/mol. The number of hydrogen-bond acceptors (Lipinski definition) is 4. The van der Waals surface area contributed by atoms with Gasteiger partial charge in [0.15, 0.2) is 9.84 Å². The lowest BCUT2D eigenvalue weighted by molar-refractivity contribution is -0.121. The highest BCUT2D eigenvalue weighted by Crippen LogP contribution is 2.04. The number of amides is 1. The number of nitrogens with two attached hydrogens (primary N) is 1. The Morgan fingerprint density at radius 1 is 1.31 bits per heavy atom. The van der Waals surface area contributed by atoms with Crippen LogP contribution in [-0.4, -0.2) is 37.4 Å². The highest BCUT2D eigenvalue weighted by atomic mass is 32.2. The number of sulfone groups is 1. The van der Waals surface area contributed by atoms with Crippen molar-refractivity contribution in [2.75, 3.05) is 5.75 Å². The van der Waals surface area contributed by atoms with Gasteiger partial charge in [0.05, 0.1) is 5.75 Å². The van der Waals surface area contributed by atoms with E-state index < -0.39 is 27.0 Å². The van der Waals surface area contributed by atoms with Gasteiger partial charge in [-0.2, -0.15) is 0 Å². The molecule has 96 valence electrons. The van der Waals surface area contributed by atoms with Crippen molar-refractivity contribution in [3.05, 3.63) is 0 Å². The minimum Gasteiger partial charge on any atom is -0.353 e. The summed E-state index contributed by atoms with van der Waals surface area (Å²) < 4.78 is 23.4. The predicted molar refractivity (Wildman–Crippen MR) is 64.8 cm³/mol. The number of carbonyl (C=O) groups excluding carboxylic acids is 1. The lowest BCUT2D eigenvalue weighted by atomic mass is 10.2. The van der Waals surface area contributed by atoms with Crippen LogP contribution in [0.5, 0.6) is 0 Å². The van der Waals surface area contributed by atoms with Crippen molar-refractivity contribution in [2.24, 2.45) is 5.73 Å². The molecule has 0 fully saturated rings. The Bertz CT molecular complexity index is 325. The monoisotopic (exact) mass is 250 g/mol. The molecule has 0 saturated carbocycles. The predicted octanol–water partition coefficient (Wildman–Crippen LogP) is 0.0516. The summed E-state index contributed by atoms with van der Waals surface area (Å²) in [6.07, 6.45) is 0.770. The highest BCUT2D eigenvalue weighted by molar-refractivity contribution is 7.92. The molecule has 0 aromatic heterocycles. The lowest BCUT2D eigenvalue weighted by Crippen LogP contribution is -2.44. The van der Waals surface area contributed by atoms with E-state index >= 15 is 0 Å². The van der Waals surface area contributed by atoms with E-state index in [1.165, 1.54) is 6.92 Å². The van der Waals surface area contributed by atoms with E-state index in [0.717, 1.165) is 6.42 Å². The Hall–Kier alpha value is -0.620. The summed E-state index contributed by atoms with van der Waals surface area (Å²) in [5.41, 5.74) is 5.43. The van der Waals surface area contributed by atoms with Gasteiger partial charge in [0.25, 0.3) is 0 Å². The van der Waals surface area contributed by atoms with Crippen molar-refractivity contribution < 1.29 is 13.2 Å². The first-order chi connectivity index (χ1) is 7.20. The van der Waals surface area contributed by atoms with Crippen LogP contribution >= 0.6 is 0 Å². The van der Waals surface area contributed by atoms with Gasteiger partial charge < -0.3 is 11.1 Å². The van der Waals surface area contributed by atoms with E-state index in [2.05, 4.69) is 5.32 Å². The van der Waals surface area contributed by atoms with Crippen molar-refractivity contribution in [3.8, 4) is 0 Å². The molecule has 0 aromatic rings. The molecule has 16 heavy (non-hydrogen) atoms. The van der Waals surface area contributed by atoms with Gasteiger partial charge >= 0.3 is 0 Å². The average Bonchev–Trinajstić information content (AvgIpc) is 2.14. The molecule has 0 aliphatic heterocycles. The topological polar surface area (TPSA) is 89.3 Å². The number of carbonyl (C=O) groups is 1. The maximum atomic E-state index is 11.7. The zero-order valence-corrected chi connectivity index (χ0v) is 11.2. The third-order valence-electron chi connectivity index (χ3n) is 2.40. The maximum Gasteiger partial charge on any atom is 0.238 e. The molecule has 5 nitrogen and oxygen atoms in total. The second-order valence-corrected chi connectivity index (χ2v) is 6.63. The van der Waals surface area contributed by atoms with Crippen LogP contribution in [-0.2, 0) is 14.6 Å². The zero-order chi connectivity index (χ0) is 12.9. The number of nitrogens with one attached hydrogen (secondary N) is 1. The van der Waals surface area contributed by atoms with Crippen molar-refractivity contribution in [2.45, 2.75) is 51.4 Å². The molecule has 0 aliphatic rings. The molecule has 0 spiro atoms. The molecular formula is C10H22N2O3S. The van der Waals surface area contributed by atoms with Crippen LogP contribution in [0.3, 0.4) is 0 Å². The third kappa shape index (κ3) is 4.94. The van der Waals surface area contributed by atoms with Gasteiger partial charge in [-0.05, 0) is 27.2 Å². The van der Waals surface area contributed by atoms with E-state index in [1.807, 2.05) is 13.8 Å². The van der Waals surface area contributed by atoms with Crippen LogP contribution in [0.1, 0.15) is 34.1 Å². The molecule has 0 aliphatic carbocycles. The summed E-state index contributed by atoms with van der Waals surface area (Å²) in [5, 5.41) is 1.62. The first-order valence-electron chi connectivity index (χ1n) is 5.48. The van der Waals surface area contributed by atoms with Gasteiger partial charge in [-0.1, -0.05) is 6.92 Å². The van der Waals surface area contributed by atoms with Crippen molar-refractivity contribution in [1.29, 1.82) is 0 Å². The molecule has 0 aromatic carbocycles. The summed E-state index contributed by atoms with van der Waals surface area (Å²) >= 11 is 0. The molecule has 6 heteroatoms. The molecule has 0 heterocycles. The van der Waals surface area contributed by atoms with Gasteiger partial charge in [-0.3, -0.25) is 4.79 Å². The van der Waals surface area contributed by atoms with E-state index in [9.17, 15) is 13.2 Å². The Morgan fingerprint density at radius 2 is 1.81 bits per heavy atom. The first-order valence-corrected chi connectivity index (χ1v) is 7.19. The molecule has 3 N–H and O–H groups in total. The minimum absolute atomic E-state index is 0.0135. The van der Waals surface area contributed by atoms with E-state index in [-0.39, 0.29) is 11.8 Å². The molecule has 0 saturated heterocycles. The van der Waals surface area contributed by atoms with Crippen molar-refractivity contribution >= 4 is 15.7 Å². The molecule has 3 atom stereocenters. The van der Waals surface area contributed by atoms with Gasteiger partial charge in [0, 0.05) is 12.1 Å². The fourth-order valence-electron chi connectivity index (χ4n) is 1.14. The summed E-state index contributed by atoms with van der Waals surface area (Å²) in [4.78, 5) is 11.6. The number of hydrogen-bond donors (Lipinski definition) is 2. The fourth-order valence-corrected chi connectivity index (χ4v) is 2.55. The van der Waals surface area contributed by atoms with Crippen LogP contribution in [0.15, 0.2) is 0 Å². The van der Waals surface area contributed by atoms with Gasteiger partial charge in [0.2, 0.25) is 5.91 Å². The summed E-state index contributed by atoms with van der Waals surface area (Å²) in [6, 6.07) is -0.468. The molecule has 0 rings (SSSR count). The first kappa shape index (κ1) is 15.4. The van der Waals surface area contributed by atoms with Crippen LogP contribution in [0.25, 0.3) is 0 Å². The summed E-state index contributed by atoms with van der Waals surface area (Å²) in [7, 11) is -3.45. The smallest absolute Gasteiger partial charge is 0.238 e. The summed E-state index contributed by atoms with van der Waals surface area (Å²) in [5.74, 6) is -0.614. The molecule has 0 radical (unpaired) electrons. The second-order valence-electron chi connectivity index (χ2n) is 4.27. The van der Waals surface area contributed by atoms with Crippen molar-refractivity contribution in [1.82, 2.24) is 5.32 Å². The highest BCUT2D eigenvalue weighted by Gasteiger charge is 2.29. The third-order valence-corrected chi connectivity index (χ3v) is 4.69. The van der Waals surface area contributed by atoms with Crippen LogP contribution in [0, 0.1) is 0 Å². The van der Waals surface area contributed by atoms with Crippen LogP contribution < -0.4 is 11.1 Å². The molecule has 0 bridgehead atoms. The Balaban J connectivity index is 4.54. The molecule has 3 unspecified atom stereocenters. The largest absolute Gasteiger partial charge is 0.353 e. The van der Waals surface area contributed by atoms with Crippen molar-refractivity contribution in [3.63, 3.8) is 0 Å². The van der Waals surface area contributed by atoms with Gasteiger partial charge in [-0.15, -0.1) is 0 Å². The van der Waals surface area contributed by atoms with E-state index in [0.29, 0.717) is 0 Å². The maximum absolute atomic E-state index is 11.7. The van der Waals surface area contributed by atoms with E-state index in [4.69, 9.17) is 5.73 Å². The summed E-state index contributed by atoms with van der Waals surface area (Å²) in [6.45, 7) is 6.77. The molecular weight excluding hydrogens is 228 g/mol. The van der Waals surface area contributed by atoms with Gasteiger partial charge in [-0.25, -0.2) is 8.42 Å². The van der Waals surface area contributed by atoms with Gasteiger partial charge in [0.1, 0.15) is 5.25 Å². The molecule has 1 amide bonds. The zero-order valence-electron chi connectivity index (χ0n) is 10.4. The van der Waals surface area contributed by atoms with E-state index in [1.54, 1.807) is 6.92 Å². The van der Waals surface area contributed by atoms with Crippen LogP contribution in [0.4, 0.5) is 0 Å². The lowest BCUT2D eigenvalue weighted by Gasteiger charge is -2.17.